The number of pyridine rings is 1. The average molecular weight is 251 g/mol. The van der Waals surface area contributed by atoms with Gasteiger partial charge in [-0.05, 0) is 43.6 Å². The highest BCUT2D eigenvalue weighted by Crippen LogP contribution is 2.12. The van der Waals surface area contributed by atoms with Crippen LogP contribution < -0.4 is 0 Å². The van der Waals surface area contributed by atoms with E-state index in [0.717, 1.165) is 48.3 Å². The quantitative estimate of drug-likeness (QED) is 0.634. The zero-order chi connectivity index (χ0) is 12.1. The topological polar surface area (TPSA) is 42.8 Å². The summed E-state index contributed by atoms with van der Waals surface area (Å²) in [6, 6.07) is 3.91. The molecule has 0 bridgehead atoms. The lowest BCUT2D eigenvalue weighted by molar-refractivity contribution is 0.191. The van der Waals surface area contributed by atoms with Gasteiger partial charge in [0.05, 0.1) is 5.52 Å². The normalized spacial score (nSPS) is 11.1. The maximum atomic E-state index is 5.30. The largest absolute Gasteiger partial charge is 0.385 e. The number of ether oxygens (including phenoxy) is 1. The van der Waals surface area contributed by atoms with Crippen LogP contribution in [-0.4, -0.2) is 28.3 Å². The molecule has 0 saturated carbocycles. The van der Waals surface area contributed by atoms with Crippen molar-refractivity contribution >= 4 is 23.4 Å². The van der Waals surface area contributed by atoms with E-state index in [1.807, 2.05) is 12.1 Å². The molecular weight excluding hydrogens is 234 g/mol. The Kier molecular flexibility index (Phi) is 4.28. The summed E-state index contributed by atoms with van der Waals surface area (Å²) >= 11 is 5.30. The fourth-order valence-corrected chi connectivity index (χ4v) is 2.18. The van der Waals surface area contributed by atoms with Crippen LogP contribution >= 0.6 is 12.2 Å². The lowest BCUT2D eigenvalue weighted by Gasteiger charge is -2.03. The highest BCUT2D eigenvalue weighted by Gasteiger charge is 2.03. The molecule has 0 aliphatic heterocycles. The molecule has 0 spiro atoms. The summed E-state index contributed by atoms with van der Waals surface area (Å²) in [5.74, 6) is 0. The molecule has 92 valence electrons. The number of aryl methyl sites for hydroxylation is 1. The molecule has 0 saturated heterocycles. The first-order chi connectivity index (χ1) is 8.33. The second-order valence-electron chi connectivity index (χ2n) is 4.01. The van der Waals surface area contributed by atoms with Gasteiger partial charge in [0.15, 0.2) is 10.4 Å². The van der Waals surface area contributed by atoms with E-state index in [1.54, 1.807) is 13.3 Å². The molecule has 0 atom stereocenters. The van der Waals surface area contributed by atoms with Crippen molar-refractivity contribution in [1.82, 2.24) is 14.5 Å². The van der Waals surface area contributed by atoms with Gasteiger partial charge >= 0.3 is 0 Å². The van der Waals surface area contributed by atoms with E-state index in [0.29, 0.717) is 0 Å². The van der Waals surface area contributed by atoms with Crippen molar-refractivity contribution in [3.05, 3.63) is 23.1 Å². The Bertz CT molecular complexity index is 532. The van der Waals surface area contributed by atoms with Crippen LogP contribution in [0.5, 0.6) is 0 Å². The van der Waals surface area contributed by atoms with Gasteiger partial charge in [0, 0.05) is 26.5 Å². The van der Waals surface area contributed by atoms with Gasteiger partial charge in [-0.3, -0.25) is 0 Å². The van der Waals surface area contributed by atoms with Crippen molar-refractivity contribution in [3.63, 3.8) is 0 Å². The number of fused-ring (bicyclic) bond motifs is 1. The zero-order valence-corrected chi connectivity index (χ0v) is 10.8. The molecule has 5 heteroatoms. The summed E-state index contributed by atoms with van der Waals surface area (Å²) in [4.78, 5) is 7.53. The SMILES string of the molecule is COCCCCCn1c(=S)[nH]c2cccnc21. The van der Waals surface area contributed by atoms with Gasteiger partial charge in [-0.2, -0.15) is 0 Å². The van der Waals surface area contributed by atoms with Gasteiger partial charge in [0.2, 0.25) is 0 Å². The van der Waals surface area contributed by atoms with Crippen LogP contribution in [0, 0.1) is 4.77 Å². The fourth-order valence-electron chi connectivity index (χ4n) is 1.89. The molecule has 0 fully saturated rings. The third-order valence-corrected chi connectivity index (χ3v) is 3.08. The van der Waals surface area contributed by atoms with Crippen molar-refractivity contribution in [3.8, 4) is 0 Å². The maximum absolute atomic E-state index is 5.30. The van der Waals surface area contributed by atoms with Crippen LogP contribution in [0.15, 0.2) is 18.3 Å². The lowest BCUT2D eigenvalue weighted by atomic mass is 10.2. The Morgan fingerprint density at radius 1 is 1.41 bits per heavy atom. The summed E-state index contributed by atoms with van der Waals surface area (Å²) in [7, 11) is 1.74. The highest BCUT2D eigenvalue weighted by atomic mass is 32.1. The first-order valence-corrected chi connectivity index (χ1v) is 6.26. The predicted octanol–water partition coefficient (Wildman–Crippen LogP) is 2.91. The number of H-pyrrole nitrogens is 1. The minimum absolute atomic E-state index is 0.755. The number of hydrogen-bond donors (Lipinski definition) is 1. The lowest BCUT2D eigenvalue weighted by Crippen LogP contribution is -2.00. The van der Waals surface area contributed by atoms with Crippen LogP contribution in [0.3, 0.4) is 0 Å². The number of nitrogens with zero attached hydrogens (tertiary/aromatic N) is 2. The number of methoxy groups -OCH3 is 1. The van der Waals surface area contributed by atoms with E-state index in [9.17, 15) is 0 Å². The smallest absolute Gasteiger partial charge is 0.179 e. The van der Waals surface area contributed by atoms with Gasteiger partial charge in [-0.25, -0.2) is 4.98 Å². The third-order valence-electron chi connectivity index (χ3n) is 2.76. The first-order valence-electron chi connectivity index (χ1n) is 5.85. The van der Waals surface area contributed by atoms with E-state index < -0.39 is 0 Å². The predicted molar refractivity (Wildman–Crippen MR) is 70.6 cm³/mol. The van der Waals surface area contributed by atoms with Gasteiger partial charge in [0.25, 0.3) is 0 Å². The second-order valence-corrected chi connectivity index (χ2v) is 4.40. The van der Waals surface area contributed by atoms with Crippen LogP contribution in [-0.2, 0) is 11.3 Å². The molecule has 4 nitrogen and oxygen atoms in total. The van der Waals surface area contributed by atoms with Crippen LogP contribution in [0.25, 0.3) is 11.2 Å². The van der Waals surface area contributed by atoms with E-state index in [-0.39, 0.29) is 0 Å². The molecular formula is C12H17N3OS. The van der Waals surface area contributed by atoms with Crippen molar-refractivity contribution < 1.29 is 4.74 Å². The van der Waals surface area contributed by atoms with E-state index >= 15 is 0 Å². The number of hydrogen-bond acceptors (Lipinski definition) is 3. The molecule has 2 aromatic rings. The van der Waals surface area contributed by atoms with Crippen molar-refractivity contribution in [2.45, 2.75) is 25.8 Å². The molecule has 0 aliphatic carbocycles. The van der Waals surface area contributed by atoms with E-state index in [4.69, 9.17) is 17.0 Å². The first kappa shape index (κ1) is 12.3. The second kappa shape index (κ2) is 5.93. The zero-order valence-electron chi connectivity index (χ0n) is 9.98. The van der Waals surface area contributed by atoms with Gasteiger partial charge in [0.1, 0.15) is 0 Å². The number of imidazole rings is 1. The Morgan fingerprint density at radius 2 is 2.29 bits per heavy atom. The number of unbranched alkanes of at least 4 members (excludes halogenated alkanes) is 2. The van der Waals surface area contributed by atoms with Gasteiger partial charge in [-0.1, -0.05) is 0 Å². The Balaban J connectivity index is 2.03. The van der Waals surface area contributed by atoms with Crippen LogP contribution in [0.1, 0.15) is 19.3 Å². The molecule has 2 heterocycles. The summed E-state index contributed by atoms with van der Waals surface area (Å²) in [5.41, 5.74) is 1.96. The van der Waals surface area contributed by atoms with Crippen molar-refractivity contribution in [2.75, 3.05) is 13.7 Å². The fraction of sp³-hybridized carbons (Fsp3) is 0.500. The Hall–Kier alpha value is -1.20. The minimum atomic E-state index is 0.755. The summed E-state index contributed by atoms with van der Waals surface area (Å²) in [6.45, 7) is 1.75. The third kappa shape index (κ3) is 2.92. The van der Waals surface area contributed by atoms with Crippen molar-refractivity contribution in [1.29, 1.82) is 0 Å². The van der Waals surface area contributed by atoms with E-state index in [1.165, 1.54) is 0 Å². The molecule has 2 aromatic heterocycles. The number of nitrogens with one attached hydrogen (secondary N) is 1. The number of aromatic nitrogens is 3. The molecule has 2 rings (SSSR count). The molecule has 17 heavy (non-hydrogen) atoms. The molecule has 0 aromatic carbocycles. The molecule has 0 aliphatic rings. The summed E-state index contributed by atoms with van der Waals surface area (Å²) in [5, 5.41) is 0. The molecule has 0 unspecified atom stereocenters. The molecule has 1 N–H and O–H groups in total. The number of rotatable bonds is 6. The van der Waals surface area contributed by atoms with Crippen LogP contribution in [0.4, 0.5) is 0 Å². The van der Waals surface area contributed by atoms with Crippen LogP contribution in [0.2, 0.25) is 0 Å². The van der Waals surface area contributed by atoms with Gasteiger partial charge < -0.3 is 14.3 Å². The monoisotopic (exact) mass is 251 g/mol. The molecule has 0 amide bonds. The molecule has 0 radical (unpaired) electrons. The summed E-state index contributed by atoms with van der Waals surface area (Å²) < 4.78 is 7.85. The minimum Gasteiger partial charge on any atom is -0.385 e. The van der Waals surface area contributed by atoms with E-state index in [2.05, 4.69) is 14.5 Å². The highest BCUT2D eigenvalue weighted by molar-refractivity contribution is 7.71. The maximum Gasteiger partial charge on any atom is 0.179 e. The standard InChI is InChI=1S/C12H17N3OS/c1-16-9-4-2-3-8-15-11-10(14-12(15)17)6-5-7-13-11/h5-7H,2-4,8-9H2,1H3,(H,14,17). The van der Waals surface area contributed by atoms with Crippen molar-refractivity contribution in [2.24, 2.45) is 0 Å². The average Bonchev–Trinajstić information content (AvgIpc) is 2.65. The van der Waals surface area contributed by atoms with Gasteiger partial charge in [-0.15, -0.1) is 0 Å². The Labute approximate surface area is 106 Å². The summed E-state index contributed by atoms with van der Waals surface area (Å²) in [6.07, 6.45) is 5.14. The number of aromatic amines is 1. The Morgan fingerprint density at radius 3 is 3.12 bits per heavy atom.